The minimum atomic E-state index is -2.64. The second-order valence-corrected chi connectivity index (χ2v) is 7.48. The molecular formula is C22H26F2N4O2. The molecule has 3 aromatic rings. The molecule has 6 nitrogen and oxygen atoms in total. The number of nitrogens with zero attached hydrogens (tertiary/aromatic N) is 4. The zero-order chi connectivity index (χ0) is 21.8. The van der Waals surface area contributed by atoms with Crippen molar-refractivity contribution in [1.82, 2.24) is 19.7 Å². The van der Waals surface area contributed by atoms with Gasteiger partial charge in [0, 0.05) is 25.3 Å². The van der Waals surface area contributed by atoms with Gasteiger partial charge < -0.3 is 9.64 Å². The fourth-order valence-corrected chi connectivity index (χ4v) is 3.26. The Morgan fingerprint density at radius 2 is 1.93 bits per heavy atom. The molecule has 0 saturated carbocycles. The van der Waals surface area contributed by atoms with E-state index in [9.17, 15) is 13.6 Å². The van der Waals surface area contributed by atoms with Crippen LogP contribution in [0, 0.1) is 6.92 Å². The molecule has 2 heterocycles. The van der Waals surface area contributed by atoms with E-state index in [1.165, 1.54) is 7.11 Å². The van der Waals surface area contributed by atoms with Crippen LogP contribution in [0.15, 0.2) is 36.5 Å². The van der Waals surface area contributed by atoms with Gasteiger partial charge in [0.1, 0.15) is 0 Å². The van der Waals surface area contributed by atoms with Gasteiger partial charge in [-0.3, -0.25) is 4.79 Å². The molecule has 0 aliphatic carbocycles. The Bertz CT molecular complexity index is 1020. The average Bonchev–Trinajstić information content (AvgIpc) is 3.14. The minimum absolute atomic E-state index is 0.0249. The zero-order valence-corrected chi connectivity index (χ0v) is 17.6. The van der Waals surface area contributed by atoms with Gasteiger partial charge in [-0.25, -0.2) is 18.4 Å². The Kier molecular flexibility index (Phi) is 6.77. The third-order valence-corrected chi connectivity index (χ3v) is 4.84. The summed E-state index contributed by atoms with van der Waals surface area (Å²) < 4.78 is 33.0. The van der Waals surface area contributed by atoms with Gasteiger partial charge in [0.25, 0.3) is 12.3 Å². The Balaban J connectivity index is 2.15. The molecule has 3 rings (SSSR count). The summed E-state index contributed by atoms with van der Waals surface area (Å²) in [7, 11) is 1.47. The summed E-state index contributed by atoms with van der Waals surface area (Å²) in [5, 5.41) is 4.92. The highest BCUT2D eigenvalue weighted by molar-refractivity contribution is 6.06. The van der Waals surface area contributed by atoms with E-state index in [0.717, 1.165) is 16.0 Å². The number of carbonyl (C=O) groups is 1. The molecule has 2 aromatic heterocycles. The first-order valence-electron chi connectivity index (χ1n) is 9.83. The van der Waals surface area contributed by atoms with Crippen LogP contribution >= 0.6 is 0 Å². The van der Waals surface area contributed by atoms with Crippen LogP contribution in [-0.4, -0.2) is 58.8 Å². The molecule has 0 spiro atoms. The van der Waals surface area contributed by atoms with E-state index < -0.39 is 18.9 Å². The van der Waals surface area contributed by atoms with Crippen LogP contribution in [0.25, 0.3) is 22.3 Å². The molecular weight excluding hydrogens is 390 g/mol. The largest absolute Gasteiger partial charge is 0.383 e. The monoisotopic (exact) mass is 416 g/mol. The summed E-state index contributed by atoms with van der Waals surface area (Å²) in [6, 6.07) is 9.46. The molecule has 0 atom stereocenters. The molecule has 0 bridgehead atoms. The second kappa shape index (κ2) is 9.30. The quantitative estimate of drug-likeness (QED) is 0.548. The highest BCUT2D eigenvalue weighted by atomic mass is 19.3. The molecule has 30 heavy (non-hydrogen) atoms. The molecule has 1 amide bonds. The van der Waals surface area contributed by atoms with Crippen molar-refractivity contribution < 1.29 is 18.3 Å². The highest BCUT2D eigenvalue weighted by Crippen LogP contribution is 2.27. The molecule has 8 heteroatoms. The van der Waals surface area contributed by atoms with Crippen LogP contribution in [0.2, 0.25) is 0 Å². The summed E-state index contributed by atoms with van der Waals surface area (Å²) in [4.78, 5) is 19.1. The fourth-order valence-electron chi connectivity index (χ4n) is 3.26. The van der Waals surface area contributed by atoms with Crippen molar-refractivity contribution in [1.29, 1.82) is 0 Å². The van der Waals surface area contributed by atoms with Crippen LogP contribution < -0.4 is 0 Å². The number of rotatable bonds is 8. The molecule has 160 valence electrons. The van der Waals surface area contributed by atoms with E-state index in [1.54, 1.807) is 16.9 Å². The predicted octanol–water partition coefficient (Wildman–Crippen LogP) is 4.34. The standard InChI is InChI=1S/C22H26F2N4O2/c1-14(2)28-21-18(12-25-28)17(22(29)27(9-10-30-4)13-20(23)24)11-19(26-21)16-7-5-15(3)6-8-16/h5-8,11-12,14,20H,9-10,13H2,1-4H3. The summed E-state index contributed by atoms with van der Waals surface area (Å²) >= 11 is 0. The fraction of sp³-hybridized carbons (Fsp3) is 0.409. The molecule has 0 aliphatic rings. The first kappa shape index (κ1) is 21.8. The molecule has 0 unspecified atom stereocenters. The average molecular weight is 416 g/mol. The van der Waals surface area contributed by atoms with Gasteiger partial charge >= 0.3 is 0 Å². The van der Waals surface area contributed by atoms with E-state index in [-0.39, 0.29) is 19.2 Å². The maximum atomic E-state index is 13.3. The number of aromatic nitrogens is 3. The molecule has 0 N–H and O–H groups in total. The van der Waals surface area contributed by atoms with Crippen molar-refractivity contribution in [2.45, 2.75) is 33.2 Å². The van der Waals surface area contributed by atoms with Crippen molar-refractivity contribution in [3.63, 3.8) is 0 Å². The van der Waals surface area contributed by atoms with E-state index in [1.807, 2.05) is 45.0 Å². The number of benzene rings is 1. The number of amides is 1. The Morgan fingerprint density at radius 1 is 1.23 bits per heavy atom. The number of ether oxygens (including phenoxy) is 1. The Hall–Kier alpha value is -2.87. The van der Waals surface area contributed by atoms with Crippen molar-refractivity contribution >= 4 is 16.9 Å². The number of alkyl halides is 2. The number of aryl methyl sites for hydroxylation is 1. The first-order chi connectivity index (χ1) is 14.3. The summed E-state index contributed by atoms with van der Waals surface area (Å²) in [6.45, 7) is 5.50. The smallest absolute Gasteiger partial charge is 0.255 e. The number of hydrogen-bond acceptors (Lipinski definition) is 4. The van der Waals surface area contributed by atoms with Gasteiger partial charge in [0.15, 0.2) is 5.65 Å². The van der Waals surface area contributed by atoms with Crippen LogP contribution in [-0.2, 0) is 4.74 Å². The number of halogens is 2. The topological polar surface area (TPSA) is 60.2 Å². The number of hydrogen-bond donors (Lipinski definition) is 0. The SMILES string of the molecule is COCCN(CC(F)F)C(=O)c1cc(-c2ccc(C)cc2)nc2c1cnn2C(C)C. The van der Waals surface area contributed by atoms with Gasteiger partial charge in [-0.05, 0) is 26.8 Å². The van der Waals surface area contributed by atoms with E-state index in [2.05, 4.69) is 5.10 Å². The minimum Gasteiger partial charge on any atom is -0.383 e. The lowest BCUT2D eigenvalue weighted by Gasteiger charge is -2.22. The maximum Gasteiger partial charge on any atom is 0.255 e. The molecule has 0 radical (unpaired) electrons. The number of carbonyl (C=O) groups excluding carboxylic acids is 1. The van der Waals surface area contributed by atoms with Crippen molar-refractivity contribution in [3.8, 4) is 11.3 Å². The summed E-state index contributed by atoms with van der Waals surface area (Å²) in [5.74, 6) is -0.489. The van der Waals surface area contributed by atoms with E-state index in [0.29, 0.717) is 22.3 Å². The third-order valence-electron chi connectivity index (χ3n) is 4.84. The van der Waals surface area contributed by atoms with E-state index >= 15 is 0 Å². The second-order valence-electron chi connectivity index (χ2n) is 7.48. The van der Waals surface area contributed by atoms with Gasteiger partial charge in [-0.1, -0.05) is 29.8 Å². The van der Waals surface area contributed by atoms with E-state index in [4.69, 9.17) is 9.72 Å². The first-order valence-corrected chi connectivity index (χ1v) is 9.83. The summed E-state index contributed by atoms with van der Waals surface area (Å²) in [6.07, 6.45) is -1.07. The van der Waals surface area contributed by atoms with Crippen molar-refractivity contribution in [2.75, 3.05) is 26.8 Å². The van der Waals surface area contributed by atoms with Crippen LogP contribution in [0.1, 0.15) is 35.8 Å². The predicted molar refractivity (Wildman–Crippen MR) is 112 cm³/mol. The highest BCUT2D eigenvalue weighted by Gasteiger charge is 2.24. The van der Waals surface area contributed by atoms with Crippen molar-refractivity contribution in [3.05, 3.63) is 47.7 Å². The van der Waals surface area contributed by atoms with Crippen LogP contribution in [0.4, 0.5) is 8.78 Å². The van der Waals surface area contributed by atoms with Gasteiger partial charge in [0.2, 0.25) is 0 Å². The zero-order valence-electron chi connectivity index (χ0n) is 17.6. The van der Waals surface area contributed by atoms with Gasteiger partial charge in [-0.2, -0.15) is 5.10 Å². The molecule has 0 fully saturated rings. The lowest BCUT2D eigenvalue weighted by molar-refractivity contribution is 0.0479. The lowest BCUT2D eigenvalue weighted by atomic mass is 10.0. The molecule has 0 aliphatic heterocycles. The number of methoxy groups -OCH3 is 1. The Morgan fingerprint density at radius 3 is 2.53 bits per heavy atom. The molecule has 1 aromatic carbocycles. The van der Waals surface area contributed by atoms with Crippen LogP contribution in [0.3, 0.4) is 0 Å². The third kappa shape index (κ3) is 4.64. The molecule has 0 saturated heterocycles. The number of pyridine rings is 1. The van der Waals surface area contributed by atoms with Gasteiger partial charge in [-0.15, -0.1) is 0 Å². The van der Waals surface area contributed by atoms with Gasteiger partial charge in [0.05, 0.1) is 36.0 Å². The van der Waals surface area contributed by atoms with Crippen molar-refractivity contribution in [2.24, 2.45) is 0 Å². The number of fused-ring (bicyclic) bond motifs is 1. The maximum absolute atomic E-state index is 13.3. The normalized spacial score (nSPS) is 11.6. The Labute approximate surface area is 174 Å². The van der Waals surface area contributed by atoms with Crippen LogP contribution in [0.5, 0.6) is 0 Å². The lowest BCUT2D eigenvalue weighted by Crippen LogP contribution is -2.37. The summed E-state index contributed by atoms with van der Waals surface area (Å²) in [5.41, 5.74) is 3.39.